The quantitative estimate of drug-likeness (QED) is 0.385. The van der Waals surface area contributed by atoms with E-state index in [1.165, 1.54) is 0 Å². The summed E-state index contributed by atoms with van der Waals surface area (Å²) in [5.74, 6) is -1.88. The summed E-state index contributed by atoms with van der Waals surface area (Å²) in [6.07, 6.45) is -1.23. The Labute approximate surface area is 180 Å². The van der Waals surface area contributed by atoms with Crippen molar-refractivity contribution in [1.82, 2.24) is 20.9 Å². The average molecular weight is 432 g/mol. The molecular weight excluding hydrogens is 404 g/mol. The minimum atomic E-state index is -1.58. The molecule has 4 atom stereocenters. The van der Waals surface area contributed by atoms with E-state index >= 15 is 0 Å². The molecule has 2 fully saturated rings. The molecule has 2 unspecified atom stereocenters. The van der Waals surface area contributed by atoms with Crippen molar-refractivity contribution in [2.75, 3.05) is 13.1 Å². The van der Waals surface area contributed by atoms with Crippen LogP contribution in [0.25, 0.3) is 0 Å². The van der Waals surface area contributed by atoms with Gasteiger partial charge in [0.1, 0.15) is 6.04 Å². The van der Waals surface area contributed by atoms with E-state index in [9.17, 15) is 29.4 Å². The van der Waals surface area contributed by atoms with Crippen molar-refractivity contribution in [2.45, 2.75) is 50.4 Å². The van der Waals surface area contributed by atoms with Crippen molar-refractivity contribution in [1.29, 1.82) is 0 Å². The predicted octanol–water partition coefficient (Wildman–Crippen LogP) is -0.183. The summed E-state index contributed by atoms with van der Waals surface area (Å²) in [4.78, 5) is 49.8. The van der Waals surface area contributed by atoms with E-state index in [0.717, 1.165) is 10.5 Å². The highest BCUT2D eigenvalue weighted by atomic mass is 16.4. The number of benzene rings is 1. The summed E-state index contributed by atoms with van der Waals surface area (Å²) in [5.41, 5.74) is 0.849. The number of likely N-dealkylation sites (tertiary alicyclic amines) is 1. The zero-order valence-electron chi connectivity index (χ0n) is 17.1. The molecule has 0 saturated carbocycles. The van der Waals surface area contributed by atoms with Crippen molar-refractivity contribution >= 4 is 23.8 Å². The van der Waals surface area contributed by atoms with E-state index in [1.54, 1.807) is 0 Å². The highest BCUT2D eigenvalue weighted by Gasteiger charge is 2.38. The molecule has 0 bridgehead atoms. The van der Waals surface area contributed by atoms with E-state index in [1.807, 2.05) is 30.3 Å². The standard InChI is InChI=1S/C21H28N4O6/c26-17(20(29)23-12-13-5-2-1-3-6-13)15(11-14-8-9-22-18(14)27)24-19(28)16-7-4-10-25(16)21(30)31/h1-3,5-6,14-17,26H,4,7-12H2,(H,22,27)(H,23,29)(H,24,28)(H,30,31)/t14-,15-,16?,17?/m0/s1. The van der Waals surface area contributed by atoms with Gasteiger partial charge in [0.25, 0.3) is 5.91 Å². The molecule has 1 aromatic carbocycles. The molecule has 2 heterocycles. The smallest absolute Gasteiger partial charge is 0.407 e. The molecule has 10 heteroatoms. The summed E-state index contributed by atoms with van der Waals surface area (Å²) in [6, 6.07) is 7.27. The van der Waals surface area contributed by atoms with Crippen LogP contribution >= 0.6 is 0 Å². The summed E-state index contributed by atoms with van der Waals surface area (Å²) in [6.45, 7) is 0.954. The predicted molar refractivity (Wildman–Crippen MR) is 110 cm³/mol. The number of carbonyl (C=O) groups is 4. The van der Waals surface area contributed by atoms with Gasteiger partial charge in [0.15, 0.2) is 6.10 Å². The Morgan fingerprint density at radius 1 is 1.19 bits per heavy atom. The van der Waals surface area contributed by atoms with Gasteiger partial charge in [-0.3, -0.25) is 19.3 Å². The summed E-state index contributed by atoms with van der Waals surface area (Å²) in [7, 11) is 0. The number of nitrogens with zero attached hydrogens (tertiary/aromatic N) is 1. The van der Waals surface area contributed by atoms with Crippen LogP contribution in [0.4, 0.5) is 4.79 Å². The van der Waals surface area contributed by atoms with Crippen LogP contribution in [0.2, 0.25) is 0 Å². The number of carbonyl (C=O) groups excluding carboxylic acids is 3. The van der Waals surface area contributed by atoms with Gasteiger partial charge in [-0.05, 0) is 31.2 Å². The minimum absolute atomic E-state index is 0.0806. The maximum Gasteiger partial charge on any atom is 0.407 e. The molecule has 168 valence electrons. The Balaban J connectivity index is 1.67. The van der Waals surface area contributed by atoms with Gasteiger partial charge in [0, 0.05) is 25.6 Å². The second kappa shape index (κ2) is 10.3. The second-order valence-electron chi connectivity index (χ2n) is 7.91. The lowest BCUT2D eigenvalue weighted by Crippen LogP contribution is -2.55. The van der Waals surface area contributed by atoms with Gasteiger partial charge in [-0.25, -0.2) is 4.79 Å². The Hall–Kier alpha value is -3.14. The van der Waals surface area contributed by atoms with Gasteiger partial charge in [-0.2, -0.15) is 0 Å². The van der Waals surface area contributed by atoms with Crippen LogP contribution < -0.4 is 16.0 Å². The molecular formula is C21H28N4O6. The highest BCUT2D eigenvalue weighted by molar-refractivity contribution is 5.88. The molecule has 0 aromatic heterocycles. The number of hydrogen-bond donors (Lipinski definition) is 5. The molecule has 0 radical (unpaired) electrons. The molecule has 2 aliphatic heterocycles. The van der Waals surface area contributed by atoms with Crippen LogP contribution in [0.5, 0.6) is 0 Å². The largest absolute Gasteiger partial charge is 0.465 e. The average Bonchev–Trinajstić information content (AvgIpc) is 3.41. The van der Waals surface area contributed by atoms with Crippen molar-refractivity contribution in [3.8, 4) is 0 Å². The van der Waals surface area contributed by atoms with Crippen molar-refractivity contribution in [3.63, 3.8) is 0 Å². The normalized spacial score (nSPS) is 22.5. The first kappa shape index (κ1) is 22.5. The zero-order chi connectivity index (χ0) is 22.4. The lowest BCUT2D eigenvalue weighted by Gasteiger charge is -2.28. The van der Waals surface area contributed by atoms with Gasteiger partial charge in [-0.15, -0.1) is 0 Å². The fourth-order valence-corrected chi connectivity index (χ4v) is 4.06. The molecule has 0 spiro atoms. The monoisotopic (exact) mass is 432 g/mol. The van der Waals surface area contributed by atoms with E-state index in [2.05, 4.69) is 16.0 Å². The van der Waals surface area contributed by atoms with E-state index in [4.69, 9.17) is 0 Å². The van der Waals surface area contributed by atoms with Crippen LogP contribution in [-0.2, 0) is 20.9 Å². The van der Waals surface area contributed by atoms with Crippen molar-refractivity contribution < 1.29 is 29.4 Å². The first-order chi connectivity index (χ1) is 14.9. The van der Waals surface area contributed by atoms with Crippen LogP contribution in [0.1, 0.15) is 31.2 Å². The third-order valence-electron chi connectivity index (χ3n) is 5.79. The lowest BCUT2D eigenvalue weighted by molar-refractivity contribution is -0.134. The van der Waals surface area contributed by atoms with Gasteiger partial charge in [0.05, 0.1) is 6.04 Å². The van der Waals surface area contributed by atoms with Crippen molar-refractivity contribution in [2.24, 2.45) is 5.92 Å². The van der Waals surface area contributed by atoms with Crippen LogP contribution in [0.3, 0.4) is 0 Å². The molecule has 0 aliphatic carbocycles. The highest BCUT2D eigenvalue weighted by Crippen LogP contribution is 2.21. The molecule has 4 amide bonds. The Bertz CT molecular complexity index is 817. The number of aliphatic hydroxyl groups excluding tert-OH is 1. The van der Waals surface area contributed by atoms with Crippen LogP contribution in [-0.4, -0.2) is 70.2 Å². The topological polar surface area (TPSA) is 148 Å². The van der Waals surface area contributed by atoms with Crippen molar-refractivity contribution in [3.05, 3.63) is 35.9 Å². The van der Waals surface area contributed by atoms with E-state index in [-0.39, 0.29) is 25.4 Å². The fraction of sp³-hybridized carbons (Fsp3) is 0.524. The maximum atomic E-state index is 12.8. The Morgan fingerprint density at radius 2 is 1.94 bits per heavy atom. The first-order valence-electron chi connectivity index (χ1n) is 10.4. The van der Waals surface area contributed by atoms with Gasteiger partial charge in [0.2, 0.25) is 11.8 Å². The molecule has 10 nitrogen and oxygen atoms in total. The first-order valence-corrected chi connectivity index (χ1v) is 10.4. The van der Waals surface area contributed by atoms with E-state index in [0.29, 0.717) is 25.8 Å². The molecule has 31 heavy (non-hydrogen) atoms. The lowest BCUT2D eigenvalue weighted by atomic mass is 9.94. The Kier molecular flexibility index (Phi) is 7.45. The van der Waals surface area contributed by atoms with E-state index < -0.39 is 42.0 Å². The third-order valence-corrected chi connectivity index (χ3v) is 5.79. The second-order valence-corrected chi connectivity index (χ2v) is 7.91. The summed E-state index contributed by atoms with van der Waals surface area (Å²) >= 11 is 0. The maximum absolute atomic E-state index is 12.8. The number of nitrogens with one attached hydrogen (secondary N) is 3. The molecule has 5 N–H and O–H groups in total. The summed E-state index contributed by atoms with van der Waals surface area (Å²) < 4.78 is 0. The van der Waals surface area contributed by atoms with Gasteiger partial charge >= 0.3 is 6.09 Å². The third kappa shape index (κ3) is 5.72. The number of hydrogen-bond acceptors (Lipinski definition) is 5. The number of amides is 4. The van der Waals surface area contributed by atoms with Gasteiger partial charge in [-0.1, -0.05) is 30.3 Å². The zero-order valence-corrected chi connectivity index (χ0v) is 17.1. The molecule has 1 aromatic rings. The van der Waals surface area contributed by atoms with Crippen LogP contribution in [0.15, 0.2) is 30.3 Å². The number of rotatable bonds is 8. The molecule has 3 rings (SSSR count). The minimum Gasteiger partial charge on any atom is -0.465 e. The Morgan fingerprint density at radius 3 is 2.58 bits per heavy atom. The van der Waals surface area contributed by atoms with Crippen LogP contribution in [0, 0.1) is 5.92 Å². The summed E-state index contributed by atoms with van der Waals surface area (Å²) in [5, 5.41) is 27.9. The molecule has 2 saturated heterocycles. The van der Waals surface area contributed by atoms with Gasteiger partial charge < -0.3 is 26.2 Å². The fourth-order valence-electron chi connectivity index (χ4n) is 4.06. The number of carboxylic acid groups (broad SMARTS) is 1. The SMILES string of the molecule is O=C(NCc1ccccc1)C(O)[C@H](C[C@@H]1CCNC1=O)NC(=O)C1CCCN1C(=O)O. The molecule has 2 aliphatic rings. The number of aliphatic hydroxyl groups is 1.